The van der Waals surface area contributed by atoms with Gasteiger partial charge in [-0.15, -0.1) is 0 Å². The lowest BCUT2D eigenvalue weighted by Crippen LogP contribution is -2.29. The Morgan fingerprint density at radius 3 is 2.59 bits per heavy atom. The monoisotopic (exact) mass is 228 g/mol. The number of likely N-dealkylation sites (tertiary alicyclic amines) is 1. The number of hydrogen-bond donors (Lipinski definition) is 1. The highest BCUT2D eigenvalue weighted by molar-refractivity contribution is 5.20. The van der Waals surface area contributed by atoms with E-state index in [1.807, 2.05) is 0 Å². The first-order valence-corrected chi connectivity index (χ1v) is 6.85. The lowest BCUT2D eigenvalue weighted by Gasteiger charge is -2.23. The minimum atomic E-state index is 0.729. The van der Waals surface area contributed by atoms with Crippen molar-refractivity contribution < 1.29 is 0 Å². The summed E-state index contributed by atoms with van der Waals surface area (Å²) < 4.78 is 0. The van der Waals surface area contributed by atoms with E-state index >= 15 is 0 Å². The SMILES string of the molecule is c1ccc(CN2CC3C(C2)C32CCNC2)cc1. The van der Waals surface area contributed by atoms with Gasteiger partial charge in [0, 0.05) is 26.2 Å². The number of piperidine rings is 1. The third kappa shape index (κ3) is 1.47. The minimum Gasteiger partial charge on any atom is -0.316 e. The summed E-state index contributed by atoms with van der Waals surface area (Å²) in [6.45, 7) is 6.37. The van der Waals surface area contributed by atoms with Crippen LogP contribution in [0.2, 0.25) is 0 Å². The number of rotatable bonds is 2. The Kier molecular flexibility index (Phi) is 2.12. The van der Waals surface area contributed by atoms with E-state index in [4.69, 9.17) is 0 Å². The molecule has 2 unspecified atom stereocenters. The van der Waals surface area contributed by atoms with E-state index in [0.717, 1.165) is 23.8 Å². The molecule has 2 aliphatic heterocycles. The second kappa shape index (κ2) is 3.56. The summed E-state index contributed by atoms with van der Waals surface area (Å²) in [5.74, 6) is 2.00. The van der Waals surface area contributed by atoms with Crippen LogP contribution in [0.5, 0.6) is 0 Å². The van der Waals surface area contributed by atoms with Gasteiger partial charge in [-0.2, -0.15) is 0 Å². The molecule has 2 saturated heterocycles. The molecule has 0 aromatic heterocycles. The standard InChI is InChI=1S/C15H20N2/c1-2-4-12(5-3-1)8-17-9-13-14(10-17)15(13)6-7-16-11-15/h1-5,13-14,16H,6-11H2. The van der Waals surface area contributed by atoms with Crippen molar-refractivity contribution in [3.63, 3.8) is 0 Å². The Morgan fingerprint density at radius 2 is 1.94 bits per heavy atom. The quantitative estimate of drug-likeness (QED) is 0.829. The largest absolute Gasteiger partial charge is 0.316 e. The molecule has 2 nitrogen and oxygen atoms in total. The number of hydrogen-bond acceptors (Lipinski definition) is 2. The highest BCUT2D eigenvalue weighted by Crippen LogP contribution is 2.65. The Balaban J connectivity index is 1.39. The third-order valence-electron chi connectivity index (χ3n) is 5.23. The predicted molar refractivity (Wildman–Crippen MR) is 68.6 cm³/mol. The van der Waals surface area contributed by atoms with Gasteiger partial charge in [0.25, 0.3) is 0 Å². The molecule has 1 N–H and O–H groups in total. The summed E-state index contributed by atoms with van der Waals surface area (Å²) in [7, 11) is 0. The molecular formula is C15H20N2. The van der Waals surface area contributed by atoms with E-state index in [1.54, 1.807) is 0 Å². The van der Waals surface area contributed by atoms with Gasteiger partial charge in [0.15, 0.2) is 0 Å². The summed E-state index contributed by atoms with van der Waals surface area (Å²) in [5, 5.41) is 3.55. The van der Waals surface area contributed by atoms with Gasteiger partial charge in [0.05, 0.1) is 0 Å². The molecule has 2 atom stereocenters. The molecule has 17 heavy (non-hydrogen) atoms. The summed E-state index contributed by atoms with van der Waals surface area (Å²) >= 11 is 0. The Hall–Kier alpha value is -0.860. The van der Waals surface area contributed by atoms with Crippen molar-refractivity contribution >= 4 is 0 Å². The van der Waals surface area contributed by atoms with Crippen LogP contribution in [0, 0.1) is 17.3 Å². The van der Waals surface area contributed by atoms with Crippen molar-refractivity contribution in [2.24, 2.45) is 17.3 Å². The number of nitrogens with one attached hydrogen (secondary N) is 1. The fourth-order valence-electron chi connectivity index (χ4n) is 4.25. The van der Waals surface area contributed by atoms with E-state index in [2.05, 4.69) is 40.5 Å². The molecule has 0 amide bonds. The van der Waals surface area contributed by atoms with Crippen LogP contribution in [0.3, 0.4) is 0 Å². The molecule has 1 aromatic rings. The van der Waals surface area contributed by atoms with Gasteiger partial charge in [-0.1, -0.05) is 30.3 Å². The van der Waals surface area contributed by atoms with E-state index in [9.17, 15) is 0 Å². The van der Waals surface area contributed by atoms with Crippen LogP contribution in [0.4, 0.5) is 0 Å². The van der Waals surface area contributed by atoms with Crippen molar-refractivity contribution in [3.8, 4) is 0 Å². The van der Waals surface area contributed by atoms with Gasteiger partial charge in [0.2, 0.25) is 0 Å². The average Bonchev–Trinajstić information content (AvgIpc) is 2.80. The fraction of sp³-hybridized carbons (Fsp3) is 0.600. The minimum absolute atomic E-state index is 0.729. The molecule has 0 radical (unpaired) electrons. The molecule has 3 fully saturated rings. The van der Waals surface area contributed by atoms with Crippen molar-refractivity contribution in [3.05, 3.63) is 35.9 Å². The zero-order valence-electron chi connectivity index (χ0n) is 10.2. The Bertz CT molecular complexity index is 394. The number of nitrogens with zero attached hydrogens (tertiary/aromatic N) is 1. The first kappa shape index (κ1) is 10.1. The lowest BCUT2D eigenvalue weighted by atomic mass is 9.99. The molecule has 2 heteroatoms. The average molecular weight is 228 g/mol. The van der Waals surface area contributed by atoms with Crippen LogP contribution in [0.1, 0.15) is 12.0 Å². The van der Waals surface area contributed by atoms with E-state index in [1.165, 1.54) is 38.2 Å². The summed E-state index contributed by atoms with van der Waals surface area (Å²) in [5.41, 5.74) is 2.19. The van der Waals surface area contributed by atoms with Gasteiger partial charge < -0.3 is 5.32 Å². The molecule has 0 bridgehead atoms. The highest BCUT2D eigenvalue weighted by atomic mass is 15.2. The summed E-state index contributed by atoms with van der Waals surface area (Å²) in [6, 6.07) is 10.9. The van der Waals surface area contributed by atoms with E-state index in [-0.39, 0.29) is 0 Å². The first-order chi connectivity index (χ1) is 8.38. The normalized spacial score (nSPS) is 39.8. The summed E-state index contributed by atoms with van der Waals surface area (Å²) in [6.07, 6.45) is 1.43. The predicted octanol–water partition coefficient (Wildman–Crippen LogP) is 1.73. The fourth-order valence-corrected chi connectivity index (χ4v) is 4.25. The van der Waals surface area contributed by atoms with E-state index < -0.39 is 0 Å². The highest BCUT2D eigenvalue weighted by Gasteiger charge is 2.67. The Labute approximate surface area is 103 Å². The van der Waals surface area contributed by atoms with Gasteiger partial charge in [-0.25, -0.2) is 0 Å². The molecule has 2 heterocycles. The van der Waals surface area contributed by atoms with Crippen LogP contribution in [0.25, 0.3) is 0 Å². The van der Waals surface area contributed by atoms with Gasteiger partial charge in [-0.3, -0.25) is 4.90 Å². The molecular weight excluding hydrogens is 208 g/mol. The molecule has 1 saturated carbocycles. The van der Waals surface area contributed by atoms with Gasteiger partial charge in [0.1, 0.15) is 0 Å². The third-order valence-corrected chi connectivity index (χ3v) is 5.23. The van der Waals surface area contributed by atoms with Gasteiger partial charge >= 0.3 is 0 Å². The molecule has 1 aliphatic carbocycles. The molecule has 1 spiro atoms. The van der Waals surface area contributed by atoms with Crippen molar-refractivity contribution in [1.82, 2.24) is 10.2 Å². The maximum Gasteiger partial charge on any atom is 0.0233 e. The van der Waals surface area contributed by atoms with Crippen LogP contribution in [-0.2, 0) is 6.54 Å². The maximum atomic E-state index is 3.55. The zero-order chi connectivity index (χ0) is 11.3. The maximum absolute atomic E-state index is 3.55. The van der Waals surface area contributed by atoms with Crippen molar-refractivity contribution in [2.45, 2.75) is 13.0 Å². The zero-order valence-corrected chi connectivity index (χ0v) is 10.2. The summed E-state index contributed by atoms with van der Waals surface area (Å²) in [4.78, 5) is 2.65. The van der Waals surface area contributed by atoms with Crippen LogP contribution in [0.15, 0.2) is 30.3 Å². The topological polar surface area (TPSA) is 15.3 Å². The van der Waals surface area contributed by atoms with Gasteiger partial charge in [-0.05, 0) is 35.8 Å². The van der Waals surface area contributed by atoms with Crippen molar-refractivity contribution in [2.75, 3.05) is 26.2 Å². The Morgan fingerprint density at radius 1 is 1.18 bits per heavy atom. The second-order valence-electron chi connectivity index (χ2n) is 6.05. The van der Waals surface area contributed by atoms with Crippen LogP contribution in [-0.4, -0.2) is 31.1 Å². The first-order valence-electron chi connectivity index (χ1n) is 6.85. The van der Waals surface area contributed by atoms with Crippen LogP contribution >= 0.6 is 0 Å². The lowest BCUT2D eigenvalue weighted by molar-refractivity contribution is 0.242. The van der Waals surface area contributed by atoms with E-state index in [0.29, 0.717) is 0 Å². The molecule has 4 rings (SSSR count). The van der Waals surface area contributed by atoms with Crippen molar-refractivity contribution in [1.29, 1.82) is 0 Å². The number of fused-ring (bicyclic) bond motifs is 3. The second-order valence-corrected chi connectivity index (χ2v) is 6.05. The molecule has 90 valence electrons. The molecule has 1 aromatic carbocycles. The smallest absolute Gasteiger partial charge is 0.0233 e. The number of benzene rings is 1. The van der Waals surface area contributed by atoms with Crippen LogP contribution < -0.4 is 5.32 Å². The molecule has 3 aliphatic rings.